The van der Waals surface area contributed by atoms with Crippen LogP contribution in [-0.2, 0) is 0 Å². The van der Waals surface area contributed by atoms with Gasteiger partial charge in [0.2, 0.25) is 5.91 Å². The molecule has 0 saturated heterocycles. The third-order valence-corrected chi connectivity index (χ3v) is 3.46. The maximum Gasteiger partial charge on any atom is 0.258 e. The highest BCUT2D eigenvalue weighted by Gasteiger charge is 2.01. The van der Waals surface area contributed by atoms with Gasteiger partial charge in [-0.2, -0.15) is 0 Å². The summed E-state index contributed by atoms with van der Waals surface area (Å²) in [6, 6.07) is 4.83. The molecule has 0 unspecified atom stereocenters. The quantitative estimate of drug-likeness (QED) is 0.667. The Morgan fingerprint density at radius 1 is 1.00 bits per heavy atom. The molecule has 0 bridgehead atoms. The predicted octanol–water partition coefficient (Wildman–Crippen LogP) is 1.49. The molecule has 0 aliphatic rings. The molecule has 8 N–H and O–H groups in total. The van der Waals surface area contributed by atoms with E-state index in [0.29, 0.717) is 20.4 Å². The Morgan fingerprint density at radius 3 is 1.84 bits per heavy atom. The van der Waals surface area contributed by atoms with Crippen LogP contribution in [0.15, 0.2) is 23.6 Å². The van der Waals surface area contributed by atoms with Crippen LogP contribution < -0.4 is 22.9 Å². The molecule has 2 heterocycles. The van der Waals surface area contributed by atoms with Gasteiger partial charge in [-0.25, -0.2) is 0 Å². The van der Waals surface area contributed by atoms with E-state index in [-0.39, 0.29) is 7.43 Å². The molecule has 19 heavy (non-hydrogen) atoms. The van der Waals surface area contributed by atoms with Crippen molar-refractivity contribution in [1.29, 1.82) is 0 Å². The average molecular weight is 300 g/mol. The third-order valence-electron chi connectivity index (χ3n) is 1.77. The molecule has 0 atom stereocenters. The van der Waals surface area contributed by atoms with E-state index in [1.165, 1.54) is 22.7 Å². The maximum absolute atomic E-state index is 10.4. The van der Waals surface area contributed by atoms with Gasteiger partial charge in [0.15, 0.2) is 0 Å². The molecule has 6 nitrogen and oxygen atoms in total. The van der Waals surface area contributed by atoms with E-state index < -0.39 is 11.8 Å². The molecule has 2 aromatic heterocycles. The normalized spacial score (nSPS) is 8.84. The number of primary amides is 2. The summed E-state index contributed by atoms with van der Waals surface area (Å²) < 4.78 is 0. The summed E-state index contributed by atoms with van der Waals surface area (Å²) in [5, 5.41) is 2.87. The minimum absolute atomic E-state index is 0. The lowest BCUT2D eigenvalue weighted by Gasteiger charge is -1.81. The van der Waals surface area contributed by atoms with Gasteiger partial charge in [-0.05, 0) is 18.2 Å². The van der Waals surface area contributed by atoms with E-state index in [1.807, 2.05) is 0 Å². The minimum Gasteiger partial charge on any atom is -0.391 e. The highest BCUT2D eigenvalue weighted by atomic mass is 32.1. The third kappa shape index (κ3) is 5.40. The summed E-state index contributed by atoms with van der Waals surface area (Å²) in [5.41, 5.74) is 21.0. The first-order valence-electron chi connectivity index (χ1n) is 4.69. The van der Waals surface area contributed by atoms with Crippen LogP contribution in [0.2, 0.25) is 0 Å². The lowest BCUT2D eigenvalue weighted by atomic mass is 10.3. The van der Waals surface area contributed by atoms with E-state index in [0.717, 1.165) is 0 Å². The lowest BCUT2D eigenvalue weighted by Crippen LogP contribution is -2.09. The Kier molecular flexibility index (Phi) is 6.59. The first-order valence-corrected chi connectivity index (χ1v) is 6.38. The van der Waals surface area contributed by atoms with Crippen LogP contribution in [0.4, 0.5) is 10.0 Å². The monoisotopic (exact) mass is 300 g/mol. The molecule has 0 fully saturated rings. The number of thiophene rings is 2. The Hall–Kier alpha value is -2.06. The van der Waals surface area contributed by atoms with Crippen molar-refractivity contribution in [1.82, 2.24) is 0 Å². The van der Waals surface area contributed by atoms with Gasteiger partial charge in [-0.1, -0.05) is 7.43 Å². The summed E-state index contributed by atoms with van der Waals surface area (Å²) in [6.45, 7) is 0. The summed E-state index contributed by atoms with van der Waals surface area (Å²) in [4.78, 5) is 21.3. The van der Waals surface area contributed by atoms with Gasteiger partial charge in [-0.3, -0.25) is 9.59 Å². The van der Waals surface area contributed by atoms with Gasteiger partial charge in [-0.15, -0.1) is 22.7 Å². The highest BCUT2D eigenvalue weighted by molar-refractivity contribution is 7.17. The molecule has 2 aromatic rings. The highest BCUT2D eigenvalue weighted by Crippen LogP contribution is 2.16. The van der Waals surface area contributed by atoms with E-state index in [1.54, 1.807) is 23.6 Å². The number of carbonyl (C=O) groups is 2. The van der Waals surface area contributed by atoms with Crippen molar-refractivity contribution in [2.45, 2.75) is 7.43 Å². The summed E-state index contributed by atoms with van der Waals surface area (Å²) in [7, 11) is 0. The second kappa shape index (κ2) is 7.39. The van der Waals surface area contributed by atoms with Crippen LogP contribution in [0.5, 0.6) is 0 Å². The van der Waals surface area contributed by atoms with Gasteiger partial charge >= 0.3 is 0 Å². The number of hydrogen-bond acceptors (Lipinski definition) is 6. The first kappa shape index (κ1) is 16.9. The van der Waals surface area contributed by atoms with Crippen molar-refractivity contribution < 1.29 is 9.59 Å². The van der Waals surface area contributed by atoms with Crippen LogP contribution in [-0.4, -0.2) is 11.8 Å². The Balaban J connectivity index is 0.000000324. The number of amides is 2. The molecule has 8 heteroatoms. The van der Waals surface area contributed by atoms with Crippen molar-refractivity contribution >= 4 is 44.5 Å². The number of hydrogen-bond donors (Lipinski definition) is 4. The molecule has 104 valence electrons. The number of nitrogen functional groups attached to an aromatic ring is 2. The Bertz CT molecular complexity index is 512. The summed E-state index contributed by atoms with van der Waals surface area (Å²) in [6.07, 6.45) is 0. The van der Waals surface area contributed by atoms with Crippen LogP contribution >= 0.6 is 22.7 Å². The van der Waals surface area contributed by atoms with Gasteiger partial charge in [0.05, 0.1) is 20.4 Å². The molecule has 0 aliphatic carbocycles. The zero-order chi connectivity index (χ0) is 13.7. The minimum atomic E-state index is -0.428. The number of rotatable bonds is 2. The summed E-state index contributed by atoms with van der Waals surface area (Å²) in [5.74, 6) is -0.848. The smallest absolute Gasteiger partial charge is 0.258 e. The SMILES string of the molecule is C.NC(=O)c1ccc(N)s1.NC(=O)c1csc(N)c1. The fraction of sp³-hybridized carbons (Fsp3) is 0.0909. The number of anilines is 2. The van der Waals surface area contributed by atoms with Crippen molar-refractivity contribution in [3.05, 3.63) is 34.0 Å². The predicted molar refractivity (Wildman–Crippen MR) is 81.2 cm³/mol. The van der Waals surface area contributed by atoms with E-state index in [9.17, 15) is 9.59 Å². The Labute approximate surface area is 119 Å². The van der Waals surface area contributed by atoms with Gasteiger partial charge in [0.25, 0.3) is 5.91 Å². The van der Waals surface area contributed by atoms with Crippen LogP contribution in [0.25, 0.3) is 0 Å². The molecule has 2 amide bonds. The molecule has 2 rings (SSSR count). The van der Waals surface area contributed by atoms with Gasteiger partial charge < -0.3 is 22.9 Å². The zero-order valence-corrected chi connectivity index (χ0v) is 10.9. The topological polar surface area (TPSA) is 138 Å². The fourth-order valence-electron chi connectivity index (χ4n) is 0.967. The molecular formula is C11H16N4O2S2. The number of nitrogens with two attached hydrogens (primary N) is 4. The maximum atomic E-state index is 10.4. The first-order chi connectivity index (χ1) is 8.40. The zero-order valence-electron chi connectivity index (χ0n) is 9.25. The lowest BCUT2D eigenvalue weighted by molar-refractivity contribution is 0.0994. The molecular weight excluding hydrogens is 284 g/mol. The number of carbonyl (C=O) groups excluding carboxylic acids is 2. The summed E-state index contributed by atoms with van der Waals surface area (Å²) >= 11 is 2.51. The van der Waals surface area contributed by atoms with Gasteiger partial charge in [0.1, 0.15) is 0 Å². The standard InChI is InChI=1S/2C5H6N2OS.CH4/c6-4-1-3(2-9-4)5(7)8;6-4-2-1-3(9-4)5(7)8;/h2*1-2H,6H2,(H2,7,8);1H4. The van der Waals surface area contributed by atoms with Gasteiger partial charge in [0, 0.05) is 5.38 Å². The van der Waals surface area contributed by atoms with Crippen molar-refractivity contribution in [2.24, 2.45) is 11.5 Å². The van der Waals surface area contributed by atoms with E-state index in [2.05, 4.69) is 0 Å². The second-order valence-corrected chi connectivity index (χ2v) is 5.23. The molecule has 0 aromatic carbocycles. The van der Waals surface area contributed by atoms with Crippen molar-refractivity contribution in [2.75, 3.05) is 11.5 Å². The second-order valence-electron chi connectivity index (χ2n) is 3.17. The molecule has 0 aliphatic heterocycles. The Morgan fingerprint density at radius 2 is 1.63 bits per heavy atom. The molecule has 0 saturated carbocycles. The van der Waals surface area contributed by atoms with Crippen molar-refractivity contribution in [3.8, 4) is 0 Å². The van der Waals surface area contributed by atoms with Crippen LogP contribution in [0.3, 0.4) is 0 Å². The van der Waals surface area contributed by atoms with E-state index in [4.69, 9.17) is 22.9 Å². The largest absolute Gasteiger partial charge is 0.391 e. The molecule has 0 radical (unpaired) electrons. The average Bonchev–Trinajstić information content (AvgIpc) is 2.88. The van der Waals surface area contributed by atoms with Crippen LogP contribution in [0, 0.1) is 0 Å². The van der Waals surface area contributed by atoms with Crippen molar-refractivity contribution in [3.63, 3.8) is 0 Å². The van der Waals surface area contributed by atoms with Crippen LogP contribution in [0.1, 0.15) is 27.5 Å². The fourth-order valence-corrected chi connectivity index (χ4v) is 2.24. The van der Waals surface area contributed by atoms with E-state index >= 15 is 0 Å². The molecule has 0 spiro atoms.